The largest absolute Gasteiger partial charge is 0.417 e. The average molecular weight is 367 g/mol. The number of aromatic nitrogens is 3. The van der Waals surface area contributed by atoms with Crippen molar-refractivity contribution < 1.29 is 13.2 Å². The van der Waals surface area contributed by atoms with E-state index >= 15 is 0 Å². The van der Waals surface area contributed by atoms with Crippen LogP contribution >= 0.6 is 0 Å². The number of halogens is 3. The smallest absolute Gasteiger partial charge is 0.357 e. The van der Waals surface area contributed by atoms with Gasteiger partial charge >= 0.3 is 6.18 Å². The fraction of sp³-hybridized carbons (Fsp3) is 0.556. The Labute approximate surface area is 151 Å². The number of aryl methyl sites for hydroxylation is 1. The molecule has 3 heterocycles. The molecule has 2 aromatic heterocycles. The molecule has 0 unspecified atom stereocenters. The highest BCUT2D eigenvalue weighted by Crippen LogP contribution is 2.30. The van der Waals surface area contributed by atoms with Crippen molar-refractivity contribution >= 4 is 5.82 Å². The number of pyridine rings is 1. The van der Waals surface area contributed by atoms with Crippen LogP contribution in [-0.2, 0) is 13.2 Å². The summed E-state index contributed by atoms with van der Waals surface area (Å²) in [7, 11) is 1.94. The van der Waals surface area contributed by atoms with Gasteiger partial charge in [-0.15, -0.1) is 0 Å². The maximum Gasteiger partial charge on any atom is 0.417 e. The van der Waals surface area contributed by atoms with Crippen molar-refractivity contribution in [1.29, 1.82) is 0 Å². The quantitative estimate of drug-likeness (QED) is 0.878. The molecule has 1 N–H and O–H groups in total. The Morgan fingerprint density at radius 3 is 2.46 bits per heavy atom. The zero-order valence-corrected chi connectivity index (χ0v) is 15.0. The molecule has 5 nitrogen and oxygen atoms in total. The van der Waals surface area contributed by atoms with Gasteiger partial charge in [-0.05, 0) is 37.5 Å². The minimum absolute atomic E-state index is 0.253. The van der Waals surface area contributed by atoms with E-state index in [0.29, 0.717) is 11.9 Å². The number of hydrogen-bond acceptors (Lipinski definition) is 4. The van der Waals surface area contributed by atoms with Gasteiger partial charge < -0.3 is 10.2 Å². The molecule has 8 heteroatoms. The molecular formula is C18H24F3N5. The van der Waals surface area contributed by atoms with Gasteiger partial charge in [-0.1, -0.05) is 6.92 Å². The number of piperidine rings is 1. The van der Waals surface area contributed by atoms with E-state index in [0.717, 1.165) is 44.6 Å². The standard InChI is InChI=1S/C18H24F3N5/c1-3-15(16-6-9-23-25(16)2)24-14-7-10-26(11-8-14)17-5-4-13(12-22-17)18(19,20)21/h4-6,9,12,14-15,24H,3,7-8,10-11H2,1-2H3/t15-/m0/s1. The van der Waals surface area contributed by atoms with Gasteiger partial charge in [-0.25, -0.2) is 4.98 Å². The predicted octanol–water partition coefficient (Wildman–Crippen LogP) is 3.54. The summed E-state index contributed by atoms with van der Waals surface area (Å²) in [6, 6.07) is 5.22. The predicted molar refractivity (Wildman–Crippen MR) is 93.8 cm³/mol. The molecule has 0 spiro atoms. The van der Waals surface area contributed by atoms with E-state index in [2.05, 4.69) is 22.3 Å². The first-order chi connectivity index (χ1) is 12.4. The monoisotopic (exact) mass is 367 g/mol. The first kappa shape index (κ1) is 18.7. The molecule has 0 radical (unpaired) electrons. The zero-order chi connectivity index (χ0) is 18.7. The van der Waals surface area contributed by atoms with E-state index in [1.807, 2.05) is 22.7 Å². The van der Waals surface area contributed by atoms with Crippen LogP contribution in [0, 0.1) is 0 Å². The Morgan fingerprint density at radius 2 is 1.96 bits per heavy atom. The molecule has 0 aromatic carbocycles. The van der Waals surface area contributed by atoms with E-state index in [-0.39, 0.29) is 6.04 Å². The molecule has 3 rings (SSSR count). The van der Waals surface area contributed by atoms with Crippen molar-refractivity contribution in [3.63, 3.8) is 0 Å². The van der Waals surface area contributed by atoms with Gasteiger partial charge in [0.05, 0.1) is 11.3 Å². The second kappa shape index (κ2) is 7.65. The molecule has 26 heavy (non-hydrogen) atoms. The zero-order valence-electron chi connectivity index (χ0n) is 15.0. The SMILES string of the molecule is CC[C@H](NC1CCN(c2ccc(C(F)(F)F)cn2)CC1)c1ccnn1C. The van der Waals surface area contributed by atoms with Crippen LogP contribution in [-0.4, -0.2) is 33.9 Å². The van der Waals surface area contributed by atoms with Gasteiger partial charge in [0.15, 0.2) is 0 Å². The number of anilines is 1. The summed E-state index contributed by atoms with van der Waals surface area (Å²) < 4.78 is 39.8. The third-order valence-electron chi connectivity index (χ3n) is 4.96. The maximum atomic E-state index is 12.6. The third kappa shape index (κ3) is 4.17. The van der Waals surface area contributed by atoms with Crippen molar-refractivity contribution in [3.8, 4) is 0 Å². The van der Waals surface area contributed by atoms with Gasteiger partial charge in [-0.3, -0.25) is 4.68 Å². The fourth-order valence-electron chi connectivity index (χ4n) is 3.44. The van der Waals surface area contributed by atoms with Crippen LogP contribution in [0.3, 0.4) is 0 Å². The summed E-state index contributed by atoms with van der Waals surface area (Å²) in [5.41, 5.74) is 0.458. The highest BCUT2D eigenvalue weighted by molar-refractivity contribution is 5.40. The Bertz CT molecular complexity index is 702. The molecular weight excluding hydrogens is 343 g/mol. The first-order valence-corrected chi connectivity index (χ1v) is 8.90. The Hall–Kier alpha value is -2.09. The molecule has 1 fully saturated rings. The molecule has 1 saturated heterocycles. The topological polar surface area (TPSA) is 46.0 Å². The van der Waals surface area contributed by atoms with Crippen LogP contribution in [0.1, 0.15) is 43.5 Å². The average Bonchev–Trinajstić information content (AvgIpc) is 3.05. The second-order valence-corrected chi connectivity index (χ2v) is 6.67. The minimum Gasteiger partial charge on any atom is -0.357 e. The molecule has 1 aliphatic rings. The number of alkyl halides is 3. The fourth-order valence-corrected chi connectivity index (χ4v) is 3.44. The molecule has 2 aromatic rings. The van der Waals surface area contributed by atoms with Crippen molar-refractivity contribution in [3.05, 3.63) is 41.9 Å². The van der Waals surface area contributed by atoms with Crippen LogP contribution in [0.5, 0.6) is 0 Å². The van der Waals surface area contributed by atoms with E-state index in [1.54, 1.807) is 6.20 Å². The lowest BCUT2D eigenvalue weighted by molar-refractivity contribution is -0.137. The number of nitrogens with zero attached hydrogens (tertiary/aromatic N) is 4. The minimum atomic E-state index is -4.34. The molecule has 0 saturated carbocycles. The van der Waals surface area contributed by atoms with Gasteiger partial charge in [0.2, 0.25) is 0 Å². The summed E-state index contributed by atoms with van der Waals surface area (Å²) in [4.78, 5) is 6.04. The molecule has 0 aliphatic carbocycles. The highest BCUT2D eigenvalue weighted by atomic mass is 19.4. The first-order valence-electron chi connectivity index (χ1n) is 8.90. The molecule has 0 amide bonds. The maximum absolute atomic E-state index is 12.6. The van der Waals surface area contributed by atoms with E-state index in [9.17, 15) is 13.2 Å². The summed E-state index contributed by atoms with van der Waals surface area (Å²) in [5.74, 6) is 0.607. The molecule has 142 valence electrons. The summed E-state index contributed by atoms with van der Waals surface area (Å²) >= 11 is 0. The summed E-state index contributed by atoms with van der Waals surface area (Å²) in [6.07, 6.45) is 1.20. The lowest BCUT2D eigenvalue weighted by Gasteiger charge is -2.35. The molecule has 1 aliphatic heterocycles. The Balaban J connectivity index is 1.56. The van der Waals surface area contributed by atoms with Crippen molar-refractivity contribution in [2.24, 2.45) is 7.05 Å². The van der Waals surface area contributed by atoms with Crippen molar-refractivity contribution in [2.75, 3.05) is 18.0 Å². The Kier molecular flexibility index (Phi) is 5.50. The van der Waals surface area contributed by atoms with Gasteiger partial charge in [0.25, 0.3) is 0 Å². The normalized spacial score (nSPS) is 17.5. The van der Waals surface area contributed by atoms with Crippen LogP contribution in [0.2, 0.25) is 0 Å². The number of rotatable bonds is 5. The second-order valence-electron chi connectivity index (χ2n) is 6.67. The lowest BCUT2D eigenvalue weighted by atomic mass is 10.0. The highest BCUT2D eigenvalue weighted by Gasteiger charge is 2.31. The summed E-state index contributed by atoms with van der Waals surface area (Å²) in [6.45, 7) is 3.70. The van der Waals surface area contributed by atoms with Gasteiger partial charge in [0.1, 0.15) is 5.82 Å². The van der Waals surface area contributed by atoms with Gasteiger partial charge in [-0.2, -0.15) is 18.3 Å². The lowest BCUT2D eigenvalue weighted by Crippen LogP contribution is -2.44. The van der Waals surface area contributed by atoms with Crippen LogP contribution in [0.4, 0.5) is 19.0 Å². The van der Waals surface area contributed by atoms with Crippen molar-refractivity contribution in [1.82, 2.24) is 20.1 Å². The van der Waals surface area contributed by atoms with Crippen molar-refractivity contribution in [2.45, 2.75) is 44.4 Å². The number of hydrogen-bond donors (Lipinski definition) is 1. The Morgan fingerprint density at radius 1 is 1.23 bits per heavy atom. The van der Waals surface area contributed by atoms with Gasteiger partial charge in [0, 0.05) is 44.6 Å². The van der Waals surface area contributed by atoms with Crippen LogP contribution in [0.25, 0.3) is 0 Å². The van der Waals surface area contributed by atoms with E-state index in [1.165, 1.54) is 11.8 Å². The van der Waals surface area contributed by atoms with Crippen LogP contribution < -0.4 is 10.2 Å². The van der Waals surface area contributed by atoms with E-state index < -0.39 is 11.7 Å². The molecule has 0 bridgehead atoms. The van der Waals surface area contributed by atoms with E-state index in [4.69, 9.17) is 0 Å². The molecule has 1 atom stereocenters. The summed E-state index contributed by atoms with van der Waals surface area (Å²) in [5, 5.41) is 7.93. The number of nitrogens with one attached hydrogen (secondary N) is 1. The van der Waals surface area contributed by atoms with Crippen LogP contribution in [0.15, 0.2) is 30.6 Å². The third-order valence-corrected chi connectivity index (χ3v) is 4.96.